The highest BCUT2D eigenvalue weighted by molar-refractivity contribution is 5.99. The SMILES string of the molecule is CC(C)(C)OC(=O)N1CCN(c2ccc([N+](=O)[O-])c(OCc3ccccc3)c2)C(=O)C1.Cn1c(=O)oc2cc(N3CCN(C(=O)NCCCCc4ccccc4)CC3=O)ccc21. The van der Waals surface area contributed by atoms with E-state index in [0.29, 0.717) is 42.1 Å². The lowest BCUT2D eigenvalue weighted by atomic mass is 10.1. The Kier molecular flexibility index (Phi) is 14.3. The fourth-order valence-corrected chi connectivity index (χ4v) is 6.92. The minimum atomic E-state index is -0.652. The van der Waals surface area contributed by atoms with E-state index in [0.717, 1.165) is 24.8 Å². The van der Waals surface area contributed by atoms with Crippen molar-refractivity contribution in [2.75, 3.05) is 55.6 Å². The van der Waals surface area contributed by atoms with Crippen molar-refractivity contribution in [1.82, 2.24) is 19.7 Å². The van der Waals surface area contributed by atoms with Crippen molar-refractivity contribution < 1.29 is 38.0 Å². The summed E-state index contributed by atoms with van der Waals surface area (Å²) in [5.74, 6) is -0.833. The molecule has 2 aliphatic heterocycles. The number of ether oxygens (including phenoxy) is 2. The van der Waals surface area contributed by atoms with E-state index in [-0.39, 0.29) is 62.1 Å². The summed E-state index contributed by atoms with van der Waals surface area (Å²) < 4.78 is 17.7. The zero-order valence-electron chi connectivity index (χ0n) is 35.3. The maximum atomic E-state index is 12.7. The zero-order chi connectivity index (χ0) is 44.4. The molecule has 62 heavy (non-hydrogen) atoms. The Hall–Kier alpha value is -7.17. The van der Waals surface area contributed by atoms with Crippen LogP contribution in [0.5, 0.6) is 5.75 Å². The standard InChI is InChI=1S/C23H26N4O4.C22H25N3O6/c1-25-19-11-10-18(15-20(19)31-23(25)30)27-14-13-26(16-21(27)28)22(29)24-12-6-5-9-17-7-3-2-4-8-17;1-22(2,3)31-21(27)23-11-12-24(20(26)14-23)17-9-10-18(25(28)29)19(13-17)30-15-16-7-5-4-6-8-16/h2-4,7-8,10-11,15H,5-6,9,12-14,16H2,1H3,(H,24,29);4-10,13H,11-12,14-15H2,1-3H3. The Morgan fingerprint density at radius 1 is 0.774 bits per heavy atom. The largest absolute Gasteiger partial charge is 0.482 e. The summed E-state index contributed by atoms with van der Waals surface area (Å²) in [5, 5.41) is 14.3. The predicted octanol–water partition coefficient (Wildman–Crippen LogP) is 6.27. The maximum absolute atomic E-state index is 12.7. The summed E-state index contributed by atoms with van der Waals surface area (Å²) in [6.45, 7) is 7.28. The molecule has 5 amide bonds. The van der Waals surface area contributed by atoms with E-state index in [1.54, 1.807) is 50.9 Å². The molecule has 2 saturated heterocycles. The number of nitro groups is 1. The van der Waals surface area contributed by atoms with Crippen molar-refractivity contribution in [2.24, 2.45) is 7.05 Å². The Bertz CT molecular complexity index is 2450. The number of urea groups is 1. The Morgan fingerprint density at radius 3 is 2.00 bits per heavy atom. The molecule has 0 radical (unpaired) electrons. The Balaban J connectivity index is 0.000000207. The number of unbranched alkanes of at least 4 members (excludes halogenated alkanes) is 1. The van der Waals surface area contributed by atoms with Gasteiger partial charge in [0.1, 0.15) is 25.3 Å². The summed E-state index contributed by atoms with van der Waals surface area (Å²) >= 11 is 0. The molecule has 5 aromatic rings. The van der Waals surface area contributed by atoms with Gasteiger partial charge in [0.05, 0.1) is 10.4 Å². The molecule has 326 valence electrons. The average molecular weight is 850 g/mol. The van der Waals surface area contributed by atoms with Gasteiger partial charge in [0.2, 0.25) is 11.8 Å². The molecule has 7 rings (SSSR count). The number of carbonyl (C=O) groups excluding carboxylic acids is 4. The topological polar surface area (TPSA) is 190 Å². The molecule has 17 heteroatoms. The van der Waals surface area contributed by atoms with Gasteiger partial charge in [-0.05, 0) is 69.4 Å². The number of oxazole rings is 1. The van der Waals surface area contributed by atoms with Crippen molar-refractivity contribution in [3.8, 4) is 5.75 Å². The molecule has 2 aliphatic rings. The van der Waals surface area contributed by atoms with E-state index < -0.39 is 22.4 Å². The van der Waals surface area contributed by atoms with Crippen LogP contribution in [-0.4, -0.2) is 94.6 Å². The van der Waals surface area contributed by atoms with Crippen molar-refractivity contribution >= 4 is 52.1 Å². The third-order valence-electron chi connectivity index (χ3n) is 10.2. The summed E-state index contributed by atoms with van der Waals surface area (Å²) in [4.78, 5) is 78.6. The first-order chi connectivity index (χ1) is 29.7. The quantitative estimate of drug-likeness (QED) is 0.0901. The summed E-state index contributed by atoms with van der Waals surface area (Å²) in [6, 6.07) is 28.9. The van der Waals surface area contributed by atoms with Crippen molar-refractivity contribution in [3.05, 3.63) is 129 Å². The van der Waals surface area contributed by atoms with Crippen LogP contribution in [0.1, 0.15) is 44.7 Å². The number of carbonyl (C=O) groups is 4. The van der Waals surface area contributed by atoms with Crippen molar-refractivity contribution in [3.63, 3.8) is 0 Å². The molecule has 0 saturated carbocycles. The number of amides is 5. The minimum absolute atomic E-state index is 0.0205. The van der Waals surface area contributed by atoms with Gasteiger partial charge in [0, 0.05) is 69.3 Å². The number of nitrogens with one attached hydrogen (secondary N) is 1. The number of aryl methyl sites for hydroxylation is 2. The van der Waals surface area contributed by atoms with E-state index in [2.05, 4.69) is 17.4 Å². The summed E-state index contributed by atoms with van der Waals surface area (Å²) in [6.07, 6.45) is 2.32. The number of benzene rings is 4. The smallest absolute Gasteiger partial charge is 0.419 e. The molecule has 0 aliphatic carbocycles. The maximum Gasteiger partial charge on any atom is 0.419 e. The summed E-state index contributed by atoms with van der Waals surface area (Å²) in [5.41, 5.74) is 3.57. The molecular weight excluding hydrogens is 799 g/mol. The summed E-state index contributed by atoms with van der Waals surface area (Å²) in [7, 11) is 1.64. The predicted molar refractivity (Wildman–Crippen MR) is 232 cm³/mol. The number of anilines is 2. The van der Waals surface area contributed by atoms with Gasteiger partial charge >= 0.3 is 23.6 Å². The fraction of sp³-hybridized carbons (Fsp3) is 0.356. The van der Waals surface area contributed by atoms with E-state index in [1.165, 1.54) is 43.0 Å². The third kappa shape index (κ3) is 11.6. The molecule has 1 N–H and O–H groups in total. The van der Waals surface area contributed by atoms with Gasteiger partial charge < -0.3 is 33.9 Å². The fourth-order valence-electron chi connectivity index (χ4n) is 6.92. The number of fused-ring (bicyclic) bond motifs is 1. The van der Waals surface area contributed by atoms with E-state index in [4.69, 9.17) is 13.9 Å². The van der Waals surface area contributed by atoms with E-state index in [1.807, 2.05) is 48.5 Å². The third-order valence-corrected chi connectivity index (χ3v) is 10.2. The van der Waals surface area contributed by atoms with Crippen molar-refractivity contribution in [2.45, 2.75) is 52.2 Å². The number of aromatic nitrogens is 1. The number of hydrogen-bond donors (Lipinski definition) is 1. The highest BCUT2D eigenvalue weighted by Crippen LogP contribution is 2.33. The number of rotatable bonds is 11. The van der Waals surface area contributed by atoms with Gasteiger partial charge in [-0.3, -0.25) is 29.2 Å². The molecule has 3 heterocycles. The molecule has 17 nitrogen and oxygen atoms in total. The molecule has 0 unspecified atom stereocenters. The normalized spacial score (nSPS) is 14.3. The second kappa shape index (κ2) is 19.9. The second-order valence-electron chi connectivity index (χ2n) is 15.9. The Labute approximate surface area is 358 Å². The van der Waals surface area contributed by atoms with Crippen LogP contribution in [0.25, 0.3) is 11.1 Å². The van der Waals surface area contributed by atoms with Crippen LogP contribution in [-0.2, 0) is 34.4 Å². The van der Waals surface area contributed by atoms with Crippen molar-refractivity contribution in [1.29, 1.82) is 0 Å². The van der Waals surface area contributed by atoms with Crippen LogP contribution >= 0.6 is 0 Å². The highest BCUT2D eigenvalue weighted by Gasteiger charge is 2.32. The lowest BCUT2D eigenvalue weighted by Gasteiger charge is -2.35. The van der Waals surface area contributed by atoms with Gasteiger partial charge in [-0.25, -0.2) is 14.4 Å². The first kappa shape index (κ1) is 44.4. The molecular formula is C45H51N7O10. The second-order valence-corrected chi connectivity index (χ2v) is 15.9. The van der Waals surface area contributed by atoms with Gasteiger partial charge in [-0.15, -0.1) is 0 Å². The van der Waals surface area contributed by atoms with Crippen LogP contribution in [0.15, 0.2) is 106 Å². The number of hydrogen-bond acceptors (Lipinski definition) is 10. The molecule has 2 fully saturated rings. The van der Waals surface area contributed by atoms with Gasteiger partial charge in [0.25, 0.3) is 0 Å². The number of nitrogens with zero attached hydrogens (tertiary/aromatic N) is 6. The number of piperazine rings is 2. The van der Waals surface area contributed by atoms with Crippen LogP contribution in [0.4, 0.5) is 26.7 Å². The van der Waals surface area contributed by atoms with E-state index >= 15 is 0 Å². The molecule has 0 atom stereocenters. The van der Waals surface area contributed by atoms with Crippen LogP contribution < -0.4 is 25.6 Å². The van der Waals surface area contributed by atoms with E-state index in [9.17, 15) is 34.1 Å². The highest BCUT2D eigenvalue weighted by atomic mass is 16.6. The average Bonchev–Trinajstić information content (AvgIpc) is 3.54. The van der Waals surface area contributed by atoms with Crippen LogP contribution in [0, 0.1) is 10.1 Å². The van der Waals surface area contributed by atoms with Gasteiger partial charge in [0.15, 0.2) is 11.3 Å². The molecule has 0 bridgehead atoms. The lowest BCUT2D eigenvalue weighted by molar-refractivity contribution is -0.385. The monoisotopic (exact) mass is 849 g/mol. The van der Waals surface area contributed by atoms with Crippen LogP contribution in [0.2, 0.25) is 0 Å². The zero-order valence-corrected chi connectivity index (χ0v) is 35.3. The van der Waals surface area contributed by atoms with Gasteiger partial charge in [-0.1, -0.05) is 60.7 Å². The molecule has 1 aromatic heterocycles. The van der Waals surface area contributed by atoms with Gasteiger partial charge in [-0.2, -0.15) is 0 Å². The van der Waals surface area contributed by atoms with Crippen LogP contribution in [0.3, 0.4) is 0 Å². The Morgan fingerprint density at radius 2 is 1.37 bits per heavy atom. The first-order valence-electron chi connectivity index (χ1n) is 20.4. The molecule has 0 spiro atoms. The first-order valence-corrected chi connectivity index (χ1v) is 20.4. The number of nitro benzene ring substituents is 1. The molecule has 4 aromatic carbocycles. The minimum Gasteiger partial charge on any atom is -0.482 e. The lowest BCUT2D eigenvalue weighted by Crippen LogP contribution is -2.55.